The summed E-state index contributed by atoms with van der Waals surface area (Å²) < 4.78 is 60.5. The maximum Gasteiger partial charge on any atom is 0.299 e. The number of H-pyrrole nitrogens is 1. The van der Waals surface area contributed by atoms with E-state index in [2.05, 4.69) is 15.3 Å². The molecule has 0 aliphatic carbocycles. The van der Waals surface area contributed by atoms with Gasteiger partial charge < -0.3 is 13.7 Å². The standard InChI is InChI=1S/C21H24N4O8S2/c1-13-11-17(19(32-4)12-18(13)33-34(27)10-9-31-3)22-23-20-14(2)24-25(21(20)26)15-5-7-16(8-6-15)35(28,29)30/h5-8,11-12,24H,9-10H2,1-4H3,(H,28,29,30). The lowest BCUT2D eigenvalue weighted by atomic mass is 10.2. The highest BCUT2D eigenvalue weighted by atomic mass is 32.2. The third kappa shape index (κ3) is 6.22. The quantitative estimate of drug-likeness (QED) is 0.302. The van der Waals surface area contributed by atoms with Crippen molar-refractivity contribution in [3.8, 4) is 17.2 Å². The zero-order valence-corrected chi connectivity index (χ0v) is 21.0. The van der Waals surface area contributed by atoms with Crippen molar-refractivity contribution in [1.82, 2.24) is 9.78 Å². The molecule has 1 heterocycles. The first-order valence-electron chi connectivity index (χ1n) is 10.1. The normalized spacial score (nSPS) is 12.7. The molecule has 3 aromatic rings. The highest BCUT2D eigenvalue weighted by Gasteiger charge is 2.16. The van der Waals surface area contributed by atoms with Gasteiger partial charge in [0.1, 0.15) is 17.2 Å². The van der Waals surface area contributed by atoms with E-state index >= 15 is 0 Å². The van der Waals surface area contributed by atoms with Crippen molar-refractivity contribution < 1.29 is 30.8 Å². The van der Waals surface area contributed by atoms with Gasteiger partial charge in [-0.3, -0.25) is 14.4 Å². The molecule has 0 aliphatic rings. The Hall–Kier alpha value is -3.33. The summed E-state index contributed by atoms with van der Waals surface area (Å²) in [4.78, 5) is 12.6. The van der Waals surface area contributed by atoms with Gasteiger partial charge in [0.15, 0.2) is 5.69 Å². The van der Waals surface area contributed by atoms with Crippen LogP contribution in [0.4, 0.5) is 11.4 Å². The third-order valence-corrected chi connectivity index (χ3v) is 6.54. The van der Waals surface area contributed by atoms with Gasteiger partial charge in [-0.25, -0.2) is 8.89 Å². The van der Waals surface area contributed by atoms with Crippen LogP contribution in [0, 0.1) is 13.8 Å². The predicted molar refractivity (Wildman–Crippen MR) is 128 cm³/mol. The molecule has 0 saturated carbocycles. The molecule has 0 spiro atoms. The number of hydrogen-bond donors (Lipinski definition) is 2. The second kappa shape index (κ2) is 10.9. The molecule has 0 amide bonds. The molecule has 1 unspecified atom stereocenters. The Balaban J connectivity index is 1.90. The van der Waals surface area contributed by atoms with E-state index in [0.29, 0.717) is 34.1 Å². The fourth-order valence-corrected chi connectivity index (χ4v) is 4.23. The van der Waals surface area contributed by atoms with Crippen molar-refractivity contribution in [2.75, 3.05) is 26.6 Å². The van der Waals surface area contributed by atoms with Crippen molar-refractivity contribution in [1.29, 1.82) is 0 Å². The molecule has 1 aromatic heterocycles. The lowest BCUT2D eigenvalue weighted by molar-refractivity contribution is 0.217. The lowest BCUT2D eigenvalue weighted by Gasteiger charge is -2.11. The lowest BCUT2D eigenvalue weighted by Crippen LogP contribution is -2.14. The van der Waals surface area contributed by atoms with E-state index in [9.17, 15) is 17.4 Å². The molecule has 0 aliphatic heterocycles. The second-order valence-electron chi connectivity index (χ2n) is 7.27. The minimum Gasteiger partial charge on any atom is -0.494 e. The van der Waals surface area contributed by atoms with Crippen LogP contribution < -0.4 is 14.5 Å². The number of azo groups is 1. The van der Waals surface area contributed by atoms with Crippen LogP contribution in [-0.4, -0.2) is 53.5 Å². The molecule has 0 bridgehead atoms. The smallest absolute Gasteiger partial charge is 0.299 e. The first-order valence-corrected chi connectivity index (χ1v) is 12.8. The first kappa shape index (κ1) is 26.3. The highest BCUT2D eigenvalue weighted by Crippen LogP contribution is 2.36. The van der Waals surface area contributed by atoms with Crippen LogP contribution in [0.3, 0.4) is 0 Å². The second-order valence-corrected chi connectivity index (χ2v) is 9.87. The van der Waals surface area contributed by atoms with Gasteiger partial charge in [-0.15, -0.1) is 10.2 Å². The van der Waals surface area contributed by atoms with Crippen molar-refractivity contribution in [2.24, 2.45) is 10.2 Å². The number of rotatable bonds is 10. The average molecular weight is 525 g/mol. The molecular weight excluding hydrogens is 500 g/mol. The van der Waals surface area contributed by atoms with Crippen LogP contribution in [0.25, 0.3) is 5.69 Å². The van der Waals surface area contributed by atoms with Gasteiger partial charge in [0.05, 0.1) is 35.7 Å². The van der Waals surface area contributed by atoms with Crippen LogP contribution >= 0.6 is 0 Å². The van der Waals surface area contributed by atoms with E-state index in [1.807, 2.05) is 0 Å². The Bertz CT molecular complexity index is 1430. The van der Waals surface area contributed by atoms with E-state index in [1.54, 1.807) is 19.9 Å². The minimum absolute atomic E-state index is 0.0320. The average Bonchev–Trinajstić information content (AvgIpc) is 3.10. The van der Waals surface area contributed by atoms with Gasteiger partial charge in [-0.1, -0.05) is 0 Å². The minimum atomic E-state index is -4.35. The van der Waals surface area contributed by atoms with E-state index in [0.717, 1.165) is 0 Å². The van der Waals surface area contributed by atoms with E-state index in [4.69, 9.17) is 18.2 Å². The summed E-state index contributed by atoms with van der Waals surface area (Å²) >= 11 is -1.59. The predicted octanol–water partition coefficient (Wildman–Crippen LogP) is 3.14. The van der Waals surface area contributed by atoms with Gasteiger partial charge in [0, 0.05) is 13.2 Å². The van der Waals surface area contributed by atoms with E-state index in [-0.39, 0.29) is 22.9 Å². The zero-order chi connectivity index (χ0) is 25.8. The van der Waals surface area contributed by atoms with Crippen molar-refractivity contribution in [2.45, 2.75) is 18.7 Å². The Morgan fingerprint density at radius 1 is 1.09 bits per heavy atom. The monoisotopic (exact) mass is 524 g/mol. The summed E-state index contributed by atoms with van der Waals surface area (Å²) in [6.45, 7) is 3.66. The number of ether oxygens (including phenoxy) is 2. The number of nitrogens with zero attached hydrogens (tertiary/aromatic N) is 3. The number of hydrogen-bond acceptors (Lipinski definition) is 9. The number of methoxy groups -OCH3 is 2. The van der Waals surface area contributed by atoms with E-state index < -0.39 is 26.8 Å². The van der Waals surface area contributed by atoms with Crippen LogP contribution in [0.1, 0.15) is 11.3 Å². The molecule has 2 aromatic carbocycles. The molecule has 0 saturated heterocycles. The fourth-order valence-electron chi connectivity index (χ4n) is 2.99. The van der Waals surface area contributed by atoms with Gasteiger partial charge >= 0.3 is 0 Å². The van der Waals surface area contributed by atoms with Crippen molar-refractivity contribution in [3.63, 3.8) is 0 Å². The van der Waals surface area contributed by atoms with Crippen molar-refractivity contribution in [3.05, 3.63) is 58.0 Å². The summed E-state index contributed by atoms with van der Waals surface area (Å²) in [7, 11) is -1.42. The summed E-state index contributed by atoms with van der Waals surface area (Å²) in [6.07, 6.45) is 0. The summed E-state index contributed by atoms with van der Waals surface area (Å²) in [6, 6.07) is 8.24. The first-order chi connectivity index (χ1) is 16.5. The molecule has 12 nitrogen and oxygen atoms in total. The Kier molecular flexibility index (Phi) is 8.22. The largest absolute Gasteiger partial charge is 0.494 e. The van der Waals surface area contributed by atoms with Crippen molar-refractivity contribution >= 4 is 32.6 Å². The molecule has 14 heteroatoms. The molecule has 1 atom stereocenters. The summed E-state index contributed by atoms with van der Waals surface area (Å²) in [5.74, 6) is 0.855. The molecule has 0 fully saturated rings. The van der Waals surface area contributed by atoms with Gasteiger partial charge in [0.25, 0.3) is 15.7 Å². The number of aromatic amines is 1. The van der Waals surface area contributed by atoms with Crippen LogP contribution in [0.15, 0.2) is 56.3 Å². The van der Waals surface area contributed by atoms with Crippen LogP contribution in [0.2, 0.25) is 0 Å². The number of nitrogens with one attached hydrogen (secondary N) is 1. The maximum absolute atomic E-state index is 12.9. The molecule has 2 N–H and O–H groups in total. The van der Waals surface area contributed by atoms with Gasteiger partial charge in [-0.2, -0.15) is 8.42 Å². The number of aryl methyl sites for hydroxylation is 2. The Labute approximate surface area is 204 Å². The number of benzene rings is 2. The molecule has 0 radical (unpaired) electrons. The topological polar surface area (TPSA) is 162 Å². The Morgan fingerprint density at radius 3 is 2.37 bits per heavy atom. The SMILES string of the molecule is COCCS(=O)Oc1cc(OC)c(N=Nc2c(C)[nH]n(-c3ccc(S(=O)(=O)O)cc3)c2=O)cc1C. The van der Waals surface area contributed by atoms with E-state index in [1.165, 1.54) is 49.2 Å². The highest BCUT2D eigenvalue weighted by molar-refractivity contribution is 7.85. The number of aromatic nitrogens is 2. The van der Waals surface area contributed by atoms with Crippen LogP contribution in [-0.2, 0) is 25.9 Å². The molecular formula is C21H24N4O8S2. The molecule has 3 rings (SSSR count). The molecule has 188 valence electrons. The fraction of sp³-hybridized carbons (Fsp3) is 0.286. The molecule has 35 heavy (non-hydrogen) atoms. The van der Waals surface area contributed by atoms with Crippen LogP contribution in [0.5, 0.6) is 11.5 Å². The maximum atomic E-state index is 12.9. The van der Waals surface area contributed by atoms with Gasteiger partial charge in [-0.05, 0) is 49.7 Å². The third-order valence-electron chi connectivity index (χ3n) is 4.80. The van der Waals surface area contributed by atoms with Gasteiger partial charge in [0.2, 0.25) is 11.1 Å². The summed E-state index contributed by atoms with van der Waals surface area (Å²) in [5.41, 5.74) is 1.22. The zero-order valence-electron chi connectivity index (χ0n) is 19.3. The summed E-state index contributed by atoms with van der Waals surface area (Å²) in [5, 5.41) is 11.1. The Morgan fingerprint density at radius 2 is 1.77 bits per heavy atom.